The quantitative estimate of drug-likeness (QED) is 0.826. The summed E-state index contributed by atoms with van der Waals surface area (Å²) in [6.07, 6.45) is 5.96. The van der Waals surface area contributed by atoms with Crippen LogP contribution >= 0.6 is 0 Å². The van der Waals surface area contributed by atoms with Crippen LogP contribution in [0, 0.1) is 0 Å². The average Bonchev–Trinajstić information content (AvgIpc) is 2.87. The van der Waals surface area contributed by atoms with Gasteiger partial charge in [0.1, 0.15) is 5.75 Å². The first-order valence-electron chi connectivity index (χ1n) is 6.95. The molecule has 1 aliphatic heterocycles. The molecule has 0 radical (unpaired) electrons. The van der Waals surface area contributed by atoms with Gasteiger partial charge in [0.2, 0.25) is 6.86 Å². The highest BCUT2D eigenvalue weighted by molar-refractivity contribution is 5.27. The van der Waals surface area contributed by atoms with E-state index >= 15 is 0 Å². The van der Waals surface area contributed by atoms with Crippen molar-refractivity contribution in [1.82, 2.24) is 0 Å². The van der Waals surface area contributed by atoms with E-state index in [9.17, 15) is 4.39 Å². The summed E-state index contributed by atoms with van der Waals surface area (Å²) in [4.78, 5) is 0. The zero-order chi connectivity index (χ0) is 13.5. The smallest absolute Gasteiger partial charge is 0.228 e. The SMILES string of the molecule is NCCC1CCC(CCc2ccc(OCF)cc2)O1. The fourth-order valence-electron chi connectivity index (χ4n) is 2.53. The van der Waals surface area contributed by atoms with Crippen molar-refractivity contribution in [1.29, 1.82) is 0 Å². The van der Waals surface area contributed by atoms with Gasteiger partial charge < -0.3 is 15.2 Å². The molecule has 0 spiro atoms. The summed E-state index contributed by atoms with van der Waals surface area (Å²) in [6.45, 7) is -0.0782. The van der Waals surface area contributed by atoms with Gasteiger partial charge >= 0.3 is 0 Å². The summed E-state index contributed by atoms with van der Waals surface area (Å²) >= 11 is 0. The number of hydrogen-bond donors (Lipinski definition) is 1. The molecular formula is C15H22FNO2. The van der Waals surface area contributed by atoms with Gasteiger partial charge in [-0.1, -0.05) is 12.1 Å². The fourth-order valence-corrected chi connectivity index (χ4v) is 2.53. The lowest BCUT2D eigenvalue weighted by molar-refractivity contribution is 0.0378. The lowest BCUT2D eigenvalue weighted by Gasteiger charge is -2.13. The summed E-state index contributed by atoms with van der Waals surface area (Å²) in [7, 11) is 0. The Bertz CT molecular complexity index is 369. The van der Waals surface area contributed by atoms with E-state index in [-0.39, 0.29) is 0 Å². The van der Waals surface area contributed by atoms with Crippen molar-refractivity contribution >= 4 is 0 Å². The molecule has 1 aromatic carbocycles. The highest BCUT2D eigenvalue weighted by Gasteiger charge is 2.23. The van der Waals surface area contributed by atoms with Gasteiger partial charge in [-0.15, -0.1) is 0 Å². The second-order valence-corrected chi connectivity index (χ2v) is 4.97. The first kappa shape index (κ1) is 14.3. The zero-order valence-electron chi connectivity index (χ0n) is 11.2. The summed E-state index contributed by atoms with van der Waals surface area (Å²) < 4.78 is 22.7. The van der Waals surface area contributed by atoms with Gasteiger partial charge in [-0.3, -0.25) is 0 Å². The Kier molecular flexibility index (Phi) is 5.61. The van der Waals surface area contributed by atoms with E-state index in [0.717, 1.165) is 32.1 Å². The number of rotatable bonds is 7. The molecule has 2 N–H and O–H groups in total. The number of halogens is 1. The molecule has 0 bridgehead atoms. The summed E-state index contributed by atoms with van der Waals surface area (Å²) in [5.41, 5.74) is 6.77. The third-order valence-electron chi connectivity index (χ3n) is 3.58. The van der Waals surface area contributed by atoms with E-state index in [2.05, 4.69) is 0 Å². The Morgan fingerprint density at radius 2 is 1.84 bits per heavy atom. The highest BCUT2D eigenvalue weighted by atomic mass is 19.1. The normalized spacial score (nSPS) is 22.6. The minimum absolute atomic E-state index is 0.357. The monoisotopic (exact) mass is 267 g/mol. The van der Waals surface area contributed by atoms with E-state index in [0.29, 0.717) is 24.5 Å². The molecule has 2 atom stereocenters. The molecule has 0 aromatic heterocycles. The third kappa shape index (κ3) is 4.48. The Balaban J connectivity index is 1.73. The standard InChI is InChI=1S/C15H22FNO2/c16-11-18-13-4-1-12(2-5-13)3-6-14-7-8-15(19-14)9-10-17/h1-2,4-5,14-15H,3,6-11,17H2. The largest absolute Gasteiger partial charge is 0.463 e. The number of hydrogen-bond acceptors (Lipinski definition) is 3. The van der Waals surface area contributed by atoms with Crippen molar-refractivity contribution in [2.75, 3.05) is 13.4 Å². The second-order valence-electron chi connectivity index (χ2n) is 4.97. The molecule has 2 unspecified atom stereocenters. The van der Waals surface area contributed by atoms with Gasteiger partial charge in [0.25, 0.3) is 0 Å². The van der Waals surface area contributed by atoms with Gasteiger partial charge in [-0.05, 0) is 56.3 Å². The third-order valence-corrected chi connectivity index (χ3v) is 3.58. The van der Waals surface area contributed by atoms with Gasteiger partial charge in [0.15, 0.2) is 0 Å². The minimum atomic E-state index is -0.780. The van der Waals surface area contributed by atoms with E-state index in [1.54, 1.807) is 0 Å². The topological polar surface area (TPSA) is 44.5 Å². The van der Waals surface area contributed by atoms with E-state index in [1.165, 1.54) is 5.56 Å². The van der Waals surface area contributed by atoms with Crippen LogP contribution < -0.4 is 10.5 Å². The number of alkyl halides is 1. The van der Waals surface area contributed by atoms with Gasteiger partial charge in [0, 0.05) is 0 Å². The molecule has 0 aliphatic carbocycles. The maximum atomic E-state index is 12.0. The molecule has 0 saturated carbocycles. The fraction of sp³-hybridized carbons (Fsp3) is 0.600. The molecule has 19 heavy (non-hydrogen) atoms. The Labute approximate surface area is 113 Å². The number of aryl methyl sites for hydroxylation is 1. The van der Waals surface area contributed by atoms with Crippen LogP contribution in [-0.4, -0.2) is 25.6 Å². The molecule has 0 amide bonds. The lowest BCUT2D eigenvalue weighted by Crippen LogP contribution is -2.15. The summed E-state index contributed by atoms with van der Waals surface area (Å²) in [5.74, 6) is 0.575. The number of benzene rings is 1. The molecule has 4 heteroatoms. The van der Waals surface area contributed by atoms with E-state index < -0.39 is 6.86 Å². The number of nitrogens with two attached hydrogens (primary N) is 1. The predicted molar refractivity (Wildman–Crippen MR) is 72.9 cm³/mol. The van der Waals surface area contributed by atoms with Crippen molar-refractivity contribution in [2.24, 2.45) is 5.73 Å². The highest BCUT2D eigenvalue weighted by Crippen LogP contribution is 2.25. The molecule has 1 aliphatic rings. The maximum Gasteiger partial charge on any atom is 0.228 e. The molecule has 1 saturated heterocycles. The van der Waals surface area contributed by atoms with Crippen molar-refractivity contribution in [3.63, 3.8) is 0 Å². The van der Waals surface area contributed by atoms with Crippen LogP contribution in [0.15, 0.2) is 24.3 Å². The van der Waals surface area contributed by atoms with Crippen LogP contribution in [0.2, 0.25) is 0 Å². The molecule has 106 valence electrons. The van der Waals surface area contributed by atoms with Crippen molar-refractivity contribution in [2.45, 2.75) is 44.3 Å². The van der Waals surface area contributed by atoms with Crippen molar-refractivity contribution < 1.29 is 13.9 Å². The summed E-state index contributed by atoms with van der Waals surface area (Å²) in [5, 5.41) is 0. The Morgan fingerprint density at radius 1 is 1.16 bits per heavy atom. The van der Waals surface area contributed by atoms with Crippen LogP contribution in [0.4, 0.5) is 4.39 Å². The summed E-state index contributed by atoms with van der Waals surface area (Å²) in [6, 6.07) is 7.58. The molecule has 3 nitrogen and oxygen atoms in total. The van der Waals surface area contributed by atoms with E-state index in [1.807, 2.05) is 24.3 Å². The van der Waals surface area contributed by atoms with Crippen LogP contribution in [0.3, 0.4) is 0 Å². The molecule has 1 aromatic rings. The van der Waals surface area contributed by atoms with Gasteiger partial charge in [0.05, 0.1) is 12.2 Å². The predicted octanol–water partition coefficient (Wildman–Crippen LogP) is 2.82. The van der Waals surface area contributed by atoms with Crippen LogP contribution in [-0.2, 0) is 11.2 Å². The average molecular weight is 267 g/mol. The first-order chi connectivity index (χ1) is 9.31. The maximum absolute atomic E-state index is 12.0. The number of ether oxygens (including phenoxy) is 2. The van der Waals surface area contributed by atoms with Crippen LogP contribution in [0.5, 0.6) is 5.75 Å². The first-order valence-corrected chi connectivity index (χ1v) is 6.95. The Morgan fingerprint density at radius 3 is 2.47 bits per heavy atom. The molecule has 1 heterocycles. The zero-order valence-corrected chi connectivity index (χ0v) is 11.2. The van der Waals surface area contributed by atoms with E-state index in [4.69, 9.17) is 15.2 Å². The minimum Gasteiger partial charge on any atom is -0.463 e. The Hall–Kier alpha value is -1.13. The van der Waals surface area contributed by atoms with Crippen molar-refractivity contribution in [3.05, 3.63) is 29.8 Å². The van der Waals surface area contributed by atoms with Crippen LogP contribution in [0.25, 0.3) is 0 Å². The van der Waals surface area contributed by atoms with Gasteiger partial charge in [-0.2, -0.15) is 0 Å². The lowest BCUT2D eigenvalue weighted by atomic mass is 10.0. The second kappa shape index (κ2) is 7.46. The molecule has 2 rings (SSSR count). The molecular weight excluding hydrogens is 245 g/mol. The van der Waals surface area contributed by atoms with Crippen molar-refractivity contribution in [3.8, 4) is 5.75 Å². The molecule has 1 fully saturated rings. The van der Waals surface area contributed by atoms with Gasteiger partial charge in [-0.25, -0.2) is 4.39 Å². The van der Waals surface area contributed by atoms with Crippen LogP contribution in [0.1, 0.15) is 31.2 Å².